The van der Waals surface area contributed by atoms with Crippen molar-refractivity contribution >= 4 is 11.3 Å². The van der Waals surface area contributed by atoms with Crippen molar-refractivity contribution in [3.05, 3.63) is 16.1 Å². The predicted molar refractivity (Wildman–Crippen MR) is 64.6 cm³/mol. The van der Waals surface area contributed by atoms with Crippen LogP contribution in [-0.4, -0.2) is 23.7 Å². The fraction of sp³-hybridized carbons (Fsp3) is 0.750. The van der Waals surface area contributed by atoms with Crippen LogP contribution >= 0.6 is 11.3 Å². The standard InChI is InChI=1S/C12H18N2OS/c1-8-11(16-7-14-8)6-13-10-4-5-15-12(10)9-2-3-9/h7,9-10,12-13H,2-6H2,1H3. The molecule has 1 aromatic rings. The summed E-state index contributed by atoms with van der Waals surface area (Å²) in [5.41, 5.74) is 3.09. The zero-order valence-electron chi connectivity index (χ0n) is 9.61. The molecule has 2 fully saturated rings. The van der Waals surface area contributed by atoms with Crippen molar-refractivity contribution < 1.29 is 4.74 Å². The van der Waals surface area contributed by atoms with Crippen LogP contribution in [0.25, 0.3) is 0 Å². The van der Waals surface area contributed by atoms with E-state index >= 15 is 0 Å². The average molecular weight is 238 g/mol. The van der Waals surface area contributed by atoms with Crippen LogP contribution in [0.4, 0.5) is 0 Å². The topological polar surface area (TPSA) is 34.2 Å². The molecule has 0 bridgehead atoms. The average Bonchev–Trinajstić information content (AvgIpc) is 2.88. The lowest BCUT2D eigenvalue weighted by Gasteiger charge is -2.19. The molecule has 1 aliphatic heterocycles. The highest BCUT2D eigenvalue weighted by Gasteiger charge is 2.40. The van der Waals surface area contributed by atoms with Gasteiger partial charge in [-0.3, -0.25) is 0 Å². The van der Waals surface area contributed by atoms with Gasteiger partial charge >= 0.3 is 0 Å². The van der Waals surface area contributed by atoms with Gasteiger partial charge in [-0.25, -0.2) is 4.98 Å². The van der Waals surface area contributed by atoms with Gasteiger partial charge in [0.2, 0.25) is 0 Å². The highest BCUT2D eigenvalue weighted by molar-refractivity contribution is 7.09. The van der Waals surface area contributed by atoms with Gasteiger partial charge in [0.15, 0.2) is 0 Å². The van der Waals surface area contributed by atoms with Crippen LogP contribution < -0.4 is 5.32 Å². The van der Waals surface area contributed by atoms with Crippen LogP contribution in [0.3, 0.4) is 0 Å². The van der Waals surface area contributed by atoms with Crippen LogP contribution in [0, 0.1) is 12.8 Å². The molecule has 16 heavy (non-hydrogen) atoms. The van der Waals surface area contributed by atoms with Gasteiger partial charge in [0.25, 0.3) is 0 Å². The van der Waals surface area contributed by atoms with E-state index in [9.17, 15) is 0 Å². The largest absolute Gasteiger partial charge is 0.376 e. The first kappa shape index (κ1) is 10.7. The van der Waals surface area contributed by atoms with E-state index < -0.39 is 0 Å². The summed E-state index contributed by atoms with van der Waals surface area (Å²) >= 11 is 1.74. The SMILES string of the molecule is Cc1ncsc1CNC1CCOC1C1CC1. The lowest BCUT2D eigenvalue weighted by Crippen LogP contribution is -2.37. The van der Waals surface area contributed by atoms with Gasteiger partial charge < -0.3 is 10.1 Å². The summed E-state index contributed by atoms with van der Waals surface area (Å²) < 4.78 is 5.81. The molecule has 2 heterocycles. The summed E-state index contributed by atoms with van der Waals surface area (Å²) in [6.45, 7) is 3.96. The maximum atomic E-state index is 5.81. The quantitative estimate of drug-likeness (QED) is 0.872. The van der Waals surface area contributed by atoms with E-state index in [1.165, 1.54) is 29.8 Å². The van der Waals surface area contributed by atoms with E-state index in [1.54, 1.807) is 11.3 Å². The molecule has 3 rings (SSSR count). The number of hydrogen-bond donors (Lipinski definition) is 1. The molecule has 2 atom stereocenters. The zero-order chi connectivity index (χ0) is 11.0. The highest BCUT2D eigenvalue weighted by atomic mass is 32.1. The van der Waals surface area contributed by atoms with Crippen molar-refractivity contribution in [3.8, 4) is 0 Å². The van der Waals surface area contributed by atoms with E-state index in [0.717, 1.165) is 19.1 Å². The Kier molecular flexibility index (Phi) is 2.96. The second-order valence-corrected chi connectivity index (χ2v) is 5.75. The van der Waals surface area contributed by atoms with Gasteiger partial charge in [-0.05, 0) is 32.1 Å². The zero-order valence-corrected chi connectivity index (χ0v) is 10.4. The van der Waals surface area contributed by atoms with Crippen molar-refractivity contribution in [1.29, 1.82) is 0 Å². The number of nitrogens with zero attached hydrogens (tertiary/aromatic N) is 1. The summed E-state index contributed by atoms with van der Waals surface area (Å²) in [6, 6.07) is 0.564. The molecule has 0 radical (unpaired) electrons. The smallest absolute Gasteiger partial charge is 0.0798 e. The maximum Gasteiger partial charge on any atom is 0.0798 e. The lowest BCUT2D eigenvalue weighted by molar-refractivity contribution is 0.0809. The predicted octanol–water partition coefficient (Wildman–Crippen LogP) is 2.11. The molecule has 4 heteroatoms. The van der Waals surface area contributed by atoms with Crippen LogP contribution in [0.15, 0.2) is 5.51 Å². The van der Waals surface area contributed by atoms with Crippen molar-refractivity contribution in [1.82, 2.24) is 10.3 Å². The van der Waals surface area contributed by atoms with Crippen molar-refractivity contribution in [3.63, 3.8) is 0 Å². The summed E-state index contributed by atoms with van der Waals surface area (Å²) in [6.07, 6.45) is 4.37. The third kappa shape index (κ3) is 2.14. The fourth-order valence-electron chi connectivity index (χ4n) is 2.44. The number of nitrogens with one attached hydrogen (secondary N) is 1. The van der Waals surface area contributed by atoms with Crippen molar-refractivity contribution in [2.75, 3.05) is 6.61 Å². The Balaban J connectivity index is 1.56. The molecule has 1 aromatic heterocycles. The van der Waals surface area contributed by atoms with E-state index in [2.05, 4.69) is 17.2 Å². The molecular weight excluding hydrogens is 220 g/mol. The Bertz CT molecular complexity index is 362. The minimum atomic E-state index is 0.480. The number of aromatic nitrogens is 1. The number of aryl methyl sites for hydroxylation is 1. The summed E-state index contributed by atoms with van der Waals surface area (Å²) in [4.78, 5) is 5.64. The van der Waals surface area contributed by atoms with Gasteiger partial charge in [-0.2, -0.15) is 0 Å². The monoisotopic (exact) mass is 238 g/mol. The van der Waals surface area contributed by atoms with Crippen LogP contribution in [0.1, 0.15) is 29.8 Å². The molecule has 1 N–H and O–H groups in total. The van der Waals surface area contributed by atoms with Gasteiger partial charge in [0.1, 0.15) is 0 Å². The Morgan fingerprint density at radius 2 is 2.38 bits per heavy atom. The van der Waals surface area contributed by atoms with Crippen LogP contribution in [-0.2, 0) is 11.3 Å². The molecule has 0 amide bonds. The molecule has 1 saturated carbocycles. The lowest BCUT2D eigenvalue weighted by atomic mass is 10.1. The number of rotatable bonds is 4. The van der Waals surface area contributed by atoms with Crippen LogP contribution in [0.5, 0.6) is 0 Å². The minimum Gasteiger partial charge on any atom is -0.376 e. The first-order chi connectivity index (χ1) is 7.84. The minimum absolute atomic E-state index is 0.480. The van der Waals surface area contributed by atoms with E-state index in [-0.39, 0.29) is 0 Å². The Morgan fingerprint density at radius 1 is 1.50 bits per heavy atom. The van der Waals surface area contributed by atoms with E-state index in [1.807, 2.05) is 5.51 Å². The number of ether oxygens (including phenoxy) is 1. The molecule has 88 valence electrons. The molecular formula is C12H18N2OS. The molecule has 2 unspecified atom stereocenters. The van der Waals surface area contributed by atoms with Gasteiger partial charge in [0, 0.05) is 24.1 Å². The first-order valence-corrected chi connectivity index (χ1v) is 6.96. The Morgan fingerprint density at radius 3 is 3.06 bits per heavy atom. The van der Waals surface area contributed by atoms with E-state index in [0.29, 0.717) is 12.1 Å². The fourth-order valence-corrected chi connectivity index (χ4v) is 3.17. The van der Waals surface area contributed by atoms with Gasteiger partial charge in [-0.15, -0.1) is 11.3 Å². The third-order valence-electron chi connectivity index (χ3n) is 3.59. The molecule has 3 nitrogen and oxygen atoms in total. The van der Waals surface area contributed by atoms with Crippen LogP contribution in [0.2, 0.25) is 0 Å². The second-order valence-electron chi connectivity index (χ2n) is 4.81. The number of thiazole rings is 1. The first-order valence-electron chi connectivity index (χ1n) is 6.08. The third-order valence-corrected chi connectivity index (χ3v) is 4.53. The van der Waals surface area contributed by atoms with Crippen molar-refractivity contribution in [2.24, 2.45) is 5.92 Å². The van der Waals surface area contributed by atoms with E-state index in [4.69, 9.17) is 4.74 Å². The van der Waals surface area contributed by atoms with Crippen molar-refractivity contribution in [2.45, 2.75) is 44.9 Å². The maximum absolute atomic E-state index is 5.81. The molecule has 1 saturated heterocycles. The summed E-state index contributed by atoms with van der Waals surface area (Å²) in [7, 11) is 0. The summed E-state index contributed by atoms with van der Waals surface area (Å²) in [5.74, 6) is 0.836. The Hall–Kier alpha value is -0.450. The number of hydrogen-bond acceptors (Lipinski definition) is 4. The van der Waals surface area contributed by atoms with Gasteiger partial charge in [-0.1, -0.05) is 0 Å². The van der Waals surface area contributed by atoms with Gasteiger partial charge in [0.05, 0.1) is 17.3 Å². The highest BCUT2D eigenvalue weighted by Crippen LogP contribution is 2.38. The molecule has 1 aliphatic carbocycles. The Labute approximate surface area is 100 Å². The summed E-state index contributed by atoms with van der Waals surface area (Å²) in [5, 5.41) is 3.64. The second kappa shape index (κ2) is 4.43. The normalized spacial score (nSPS) is 29.8. The molecule has 0 spiro atoms. The molecule has 0 aromatic carbocycles. The molecule has 2 aliphatic rings.